The van der Waals surface area contributed by atoms with Crippen LogP contribution in [0.1, 0.15) is 34.6 Å². The van der Waals surface area contributed by atoms with Crippen LogP contribution in [0, 0.1) is 5.92 Å². The van der Waals surface area contributed by atoms with Crippen LogP contribution in [0.15, 0.2) is 109 Å². The van der Waals surface area contributed by atoms with E-state index in [9.17, 15) is 14.4 Å². The second-order valence-electron chi connectivity index (χ2n) is 8.99. The first-order valence-corrected chi connectivity index (χ1v) is 12.1. The van der Waals surface area contributed by atoms with Crippen LogP contribution in [0.25, 0.3) is 11.1 Å². The third-order valence-electron chi connectivity index (χ3n) is 5.95. The largest absolute Gasteiger partial charge is 0.340 e. The number of para-hydroxylation sites is 1. The van der Waals surface area contributed by atoms with Gasteiger partial charge in [0.25, 0.3) is 11.8 Å². The van der Waals surface area contributed by atoms with Crippen LogP contribution in [0.3, 0.4) is 0 Å². The molecule has 0 bridgehead atoms. The third-order valence-corrected chi connectivity index (χ3v) is 5.95. The second kappa shape index (κ2) is 11.8. The van der Waals surface area contributed by atoms with Gasteiger partial charge >= 0.3 is 0 Å². The number of amides is 3. The first kappa shape index (κ1) is 25.4. The molecule has 0 aliphatic rings. The molecule has 0 spiro atoms. The fraction of sp³-hybridized carbons (Fsp3) is 0.129. The van der Waals surface area contributed by atoms with E-state index in [2.05, 4.69) is 16.0 Å². The van der Waals surface area contributed by atoms with Crippen LogP contribution >= 0.6 is 0 Å². The molecule has 3 amide bonds. The minimum absolute atomic E-state index is 0.168. The number of carbonyl (C=O) groups is 3. The molecule has 0 aromatic heterocycles. The van der Waals surface area contributed by atoms with Crippen molar-refractivity contribution < 1.29 is 14.4 Å². The maximum absolute atomic E-state index is 13.2. The summed E-state index contributed by atoms with van der Waals surface area (Å²) in [5.74, 6) is -1.25. The van der Waals surface area contributed by atoms with Gasteiger partial charge in [-0.05, 0) is 53.4 Å². The molecule has 0 aliphatic carbocycles. The SMILES string of the molecule is CC(C)[C@@H](NC(=O)c1ccccc1NC(=O)c1ccccc1)C(=O)Nc1ccc(-c2ccccc2)cc1. The summed E-state index contributed by atoms with van der Waals surface area (Å²) in [6.45, 7) is 3.73. The molecule has 37 heavy (non-hydrogen) atoms. The maximum Gasteiger partial charge on any atom is 0.255 e. The summed E-state index contributed by atoms with van der Waals surface area (Å²) in [4.78, 5) is 39.0. The summed E-state index contributed by atoms with van der Waals surface area (Å²) in [6.07, 6.45) is 0. The Bertz CT molecular complexity index is 1370. The van der Waals surface area contributed by atoms with Gasteiger partial charge in [-0.1, -0.05) is 86.6 Å². The van der Waals surface area contributed by atoms with Crippen LogP contribution in [0.2, 0.25) is 0 Å². The number of rotatable bonds is 8. The molecule has 186 valence electrons. The molecule has 6 heteroatoms. The van der Waals surface area contributed by atoms with Crippen molar-refractivity contribution in [3.8, 4) is 11.1 Å². The molecule has 0 fully saturated rings. The zero-order valence-electron chi connectivity index (χ0n) is 20.8. The van der Waals surface area contributed by atoms with Crippen molar-refractivity contribution in [1.82, 2.24) is 5.32 Å². The Labute approximate surface area is 216 Å². The first-order chi connectivity index (χ1) is 17.9. The van der Waals surface area contributed by atoms with Gasteiger partial charge in [-0.3, -0.25) is 14.4 Å². The molecule has 4 aromatic carbocycles. The van der Waals surface area contributed by atoms with Crippen LogP contribution < -0.4 is 16.0 Å². The highest BCUT2D eigenvalue weighted by atomic mass is 16.2. The van der Waals surface area contributed by atoms with Crippen LogP contribution in [0.5, 0.6) is 0 Å². The number of benzene rings is 4. The molecule has 0 saturated heterocycles. The number of nitrogens with one attached hydrogen (secondary N) is 3. The lowest BCUT2D eigenvalue weighted by Crippen LogP contribution is -2.47. The van der Waals surface area contributed by atoms with Crippen molar-refractivity contribution in [2.45, 2.75) is 19.9 Å². The van der Waals surface area contributed by atoms with Crippen LogP contribution in [0.4, 0.5) is 11.4 Å². The molecule has 0 aliphatic heterocycles. The Hall–Kier alpha value is -4.71. The van der Waals surface area contributed by atoms with E-state index < -0.39 is 11.9 Å². The Balaban J connectivity index is 1.45. The molecule has 3 N–H and O–H groups in total. The lowest BCUT2D eigenvalue weighted by Gasteiger charge is -2.22. The molecule has 0 heterocycles. The predicted octanol–water partition coefficient (Wildman–Crippen LogP) is 6.00. The quantitative estimate of drug-likeness (QED) is 0.283. The highest BCUT2D eigenvalue weighted by Gasteiger charge is 2.26. The normalized spacial score (nSPS) is 11.4. The Morgan fingerprint density at radius 3 is 1.81 bits per heavy atom. The van der Waals surface area contributed by atoms with Gasteiger partial charge in [-0.2, -0.15) is 0 Å². The van der Waals surface area contributed by atoms with E-state index in [1.54, 1.807) is 48.5 Å². The van der Waals surface area contributed by atoms with Crippen molar-refractivity contribution in [2.24, 2.45) is 5.92 Å². The van der Waals surface area contributed by atoms with Gasteiger partial charge in [0, 0.05) is 11.3 Å². The Morgan fingerprint density at radius 1 is 0.595 bits per heavy atom. The van der Waals surface area contributed by atoms with E-state index in [0.717, 1.165) is 11.1 Å². The third kappa shape index (κ3) is 6.49. The van der Waals surface area contributed by atoms with Gasteiger partial charge in [0.2, 0.25) is 5.91 Å². The van der Waals surface area contributed by atoms with Gasteiger partial charge in [0.05, 0.1) is 11.3 Å². The smallest absolute Gasteiger partial charge is 0.255 e. The molecule has 1 atom stereocenters. The molecular weight excluding hydrogens is 462 g/mol. The van der Waals surface area contributed by atoms with E-state index >= 15 is 0 Å². The zero-order chi connectivity index (χ0) is 26.2. The van der Waals surface area contributed by atoms with Crippen molar-refractivity contribution in [3.05, 3.63) is 120 Å². The fourth-order valence-electron chi connectivity index (χ4n) is 3.92. The average Bonchev–Trinajstić information content (AvgIpc) is 2.93. The summed E-state index contributed by atoms with van der Waals surface area (Å²) in [6, 6.07) is 32.3. The number of carbonyl (C=O) groups excluding carboxylic acids is 3. The summed E-state index contributed by atoms with van der Waals surface area (Å²) in [5.41, 5.74) is 3.90. The average molecular weight is 492 g/mol. The monoisotopic (exact) mass is 491 g/mol. The van der Waals surface area contributed by atoms with Gasteiger partial charge in [-0.15, -0.1) is 0 Å². The maximum atomic E-state index is 13.2. The number of anilines is 2. The topological polar surface area (TPSA) is 87.3 Å². The number of hydrogen-bond donors (Lipinski definition) is 3. The Morgan fingerprint density at radius 2 is 1.16 bits per heavy atom. The first-order valence-electron chi connectivity index (χ1n) is 12.1. The minimum atomic E-state index is -0.779. The molecular formula is C31H29N3O3. The van der Waals surface area contributed by atoms with Gasteiger partial charge in [0.1, 0.15) is 6.04 Å². The summed E-state index contributed by atoms with van der Waals surface area (Å²) >= 11 is 0. The van der Waals surface area contributed by atoms with Crippen LogP contribution in [-0.2, 0) is 4.79 Å². The number of hydrogen-bond acceptors (Lipinski definition) is 3. The van der Waals surface area contributed by atoms with Crippen molar-refractivity contribution in [2.75, 3.05) is 10.6 Å². The summed E-state index contributed by atoms with van der Waals surface area (Å²) < 4.78 is 0. The van der Waals surface area contributed by atoms with Crippen molar-refractivity contribution in [3.63, 3.8) is 0 Å². The standard InChI is InChI=1S/C31H29N3O3/c1-21(2)28(31(37)32-25-19-17-23(18-20-25)22-11-5-3-6-12-22)34-30(36)26-15-9-10-16-27(26)33-29(35)24-13-7-4-8-14-24/h3-21,28H,1-2H3,(H,32,37)(H,33,35)(H,34,36)/t28-/m1/s1. The zero-order valence-corrected chi connectivity index (χ0v) is 20.8. The van der Waals surface area contributed by atoms with Crippen molar-refractivity contribution in [1.29, 1.82) is 0 Å². The highest BCUT2D eigenvalue weighted by molar-refractivity contribution is 6.10. The summed E-state index contributed by atoms with van der Waals surface area (Å²) in [5, 5.41) is 8.54. The highest BCUT2D eigenvalue weighted by Crippen LogP contribution is 2.22. The molecule has 4 rings (SSSR count). The molecule has 0 radical (unpaired) electrons. The van der Waals surface area contributed by atoms with Gasteiger partial charge in [0.15, 0.2) is 0 Å². The van der Waals surface area contributed by atoms with Crippen LogP contribution in [-0.4, -0.2) is 23.8 Å². The summed E-state index contributed by atoms with van der Waals surface area (Å²) in [7, 11) is 0. The minimum Gasteiger partial charge on any atom is -0.340 e. The van der Waals surface area contributed by atoms with E-state index in [1.807, 2.05) is 74.5 Å². The molecule has 0 saturated carbocycles. The van der Waals surface area contributed by atoms with Gasteiger partial charge in [-0.25, -0.2) is 0 Å². The lowest BCUT2D eigenvalue weighted by atomic mass is 10.0. The predicted molar refractivity (Wildman–Crippen MR) is 147 cm³/mol. The molecule has 4 aromatic rings. The van der Waals surface area contributed by atoms with E-state index in [0.29, 0.717) is 16.9 Å². The van der Waals surface area contributed by atoms with E-state index in [1.165, 1.54) is 0 Å². The lowest BCUT2D eigenvalue weighted by molar-refractivity contribution is -0.118. The van der Waals surface area contributed by atoms with Gasteiger partial charge < -0.3 is 16.0 Å². The fourth-order valence-corrected chi connectivity index (χ4v) is 3.92. The Kier molecular flexibility index (Phi) is 8.11. The van der Waals surface area contributed by atoms with E-state index in [-0.39, 0.29) is 23.3 Å². The van der Waals surface area contributed by atoms with Crippen molar-refractivity contribution >= 4 is 29.1 Å². The molecule has 6 nitrogen and oxygen atoms in total. The van der Waals surface area contributed by atoms with E-state index in [4.69, 9.17) is 0 Å². The molecule has 0 unspecified atom stereocenters. The second-order valence-corrected chi connectivity index (χ2v) is 8.99.